The van der Waals surface area contributed by atoms with Crippen molar-refractivity contribution in [2.24, 2.45) is 0 Å². The lowest BCUT2D eigenvalue weighted by Crippen LogP contribution is -2.44. The maximum Gasteiger partial charge on any atom is 0.305 e. The number of benzene rings is 1. The topological polar surface area (TPSA) is 114 Å². The quantitative estimate of drug-likeness (QED) is 0.334. The number of nitrogens with two attached hydrogens (primary N) is 1. The number of nitrogen functional groups attached to an aromatic ring is 1. The number of likely N-dealkylation sites (tertiary alicyclic amines) is 1. The number of anilines is 1. The molecule has 1 heterocycles. The van der Waals surface area contributed by atoms with Crippen LogP contribution < -0.4 is 15.2 Å². The van der Waals surface area contributed by atoms with Crippen LogP contribution in [0.5, 0.6) is 11.5 Å². The molecule has 8 heteroatoms. The maximum absolute atomic E-state index is 11.1. The van der Waals surface area contributed by atoms with E-state index in [2.05, 4.69) is 4.74 Å². The molecule has 1 aromatic rings. The highest BCUT2D eigenvalue weighted by atomic mass is 16.5. The zero-order valence-electron chi connectivity index (χ0n) is 16.0. The number of carbonyl (C=O) groups is 1. The fourth-order valence-electron chi connectivity index (χ4n) is 3.31. The van der Waals surface area contributed by atoms with Gasteiger partial charge < -0.3 is 30.2 Å². The van der Waals surface area contributed by atoms with Crippen molar-refractivity contribution in [2.45, 2.75) is 44.4 Å². The van der Waals surface area contributed by atoms with Gasteiger partial charge in [0.2, 0.25) is 0 Å². The Labute approximate surface area is 159 Å². The summed E-state index contributed by atoms with van der Waals surface area (Å²) >= 11 is 0. The van der Waals surface area contributed by atoms with Crippen LogP contribution in [0.15, 0.2) is 12.1 Å². The molecule has 8 nitrogen and oxygen atoms in total. The summed E-state index contributed by atoms with van der Waals surface area (Å²) < 4.78 is 15.7. The van der Waals surface area contributed by atoms with Gasteiger partial charge >= 0.3 is 5.97 Å². The fraction of sp³-hybridized carbons (Fsp3) is 0.632. The molecule has 1 aliphatic rings. The summed E-state index contributed by atoms with van der Waals surface area (Å²) in [6, 6.07) is 3.19. The summed E-state index contributed by atoms with van der Waals surface area (Å²) in [6.45, 7) is 1.00. The van der Waals surface area contributed by atoms with E-state index < -0.39 is 6.23 Å². The van der Waals surface area contributed by atoms with Crippen molar-refractivity contribution in [3.05, 3.63) is 17.7 Å². The Kier molecular flexibility index (Phi) is 8.15. The van der Waals surface area contributed by atoms with Crippen LogP contribution in [0.3, 0.4) is 0 Å². The molecule has 0 saturated carbocycles. The second-order valence-electron chi connectivity index (χ2n) is 6.60. The molecule has 1 unspecified atom stereocenters. The second-order valence-corrected chi connectivity index (χ2v) is 6.60. The van der Waals surface area contributed by atoms with Gasteiger partial charge in [0, 0.05) is 36.3 Å². The van der Waals surface area contributed by atoms with E-state index in [4.69, 9.17) is 15.2 Å². The van der Waals surface area contributed by atoms with E-state index in [1.807, 2.05) is 4.90 Å². The number of esters is 1. The minimum atomic E-state index is -0.926. The van der Waals surface area contributed by atoms with Crippen LogP contribution >= 0.6 is 0 Å². The first-order valence-corrected chi connectivity index (χ1v) is 9.23. The molecular formula is C19H30N2O6. The molecule has 152 valence electrons. The molecule has 4 N–H and O–H groups in total. The molecule has 1 aliphatic heterocycles. The third-order valence-corrected chi connectivity index (χ3v) is 4.86. The van der Waals surface area contributed by atoms with Gasteiger partial charge in [-0.1, -0.05) is 6.42 Å². The number of methoxy groups -OCH3 is 2. The zero-order valence-corrected chi connectivity index (χ0v) is 16.0. The Morgan fingerprint density at radius 3 is 2.78 bits per heavy atom. The van der Waals surface area contributed by atoms with Gasteiger partial charge in [0.25, 0.3) is 0 Å². The van der Waals surface area contributed by atoms with Crippen LogP contribution in [0.4, 0.5) is 5.69 Å². The molecule has 1 saturated heterocycles. The maximum atomic E-state index is 11.1. The van der Waals surface area contributed by atoms with Crippen molar-refractivity contribution in [3.8, 4) is 11.5 Å². The molecule has 1 fully saturated rings. The first-order chi connectivity index (χ1) is 13.0. The zero-order chi connectivity index (χ0) is 19.8. The molecule has 2 atom stereocenters. The van der Waals surface area contributed by atoms with Crippen LogP contribution in [0.1, 0.15) is 43.9 Å². The van der Waals surface area contributed by atoms with E-state index >= 15 is 0 Å². The number of aliphatic hydroxyl groups is 2. The minimum Gasteiger partial charge on any atom is -0.493 e. The van der Waals surface area contributed by atoms with Crippen LogP contribution in [0.25, 0.3) is 0 Å². The van der Waals surface area contributed by atoms with Crippen LogP contribution in [-0.4, -0.2) is 61.1 Å². The van der Waals surface area contributed by atoms with Gasteiger partial charge in [-0.25, -0.2) is 0 Å². The number of carbonyl (C=O) groups excluding carboxylic acids is 1. The van der Waals surface area contributed by atoms with Gasteiger partial charge in [-0.2, -0.15) is 0 Å². The van der Waals surface area contributed by atoms with Crippen molar-refractivity contribution < 1.29 is 29.2 Å². The predicted octanol–water partition coefficient (Wildman–Crippen LogP) is 1.45. The summed E-state index contributed by atoms with van der Waals surface area (Å²) in [4.78, 5) is 13.0. The van der Waals surface area contributed by atoms with Gasteiger partial charge in [-0.3, -0.25) is 9.69 Å². The highest BCUT2D eigenvalue weighted by molar-refractivity contribution is 5.69. The van der Waals surface area contributed by atoms with Gasteiger partial charge in [0.1, 0.15) is 6.23 Å². The highest BCUT2D eigenvalue weighted by Crippen LogP contribution is 2.37. The Hall–Kier alpha value is -2.03. The number of hydrogen-bond donors (Lipinski definition) is 3. The lowest BCUT2D eigenvalue weighted by Gasteiger charge is -2.38. The summed E-state index contributed by atoms with van der Waals surface area (Å²) in [5.41, 5.74) is 7.06. The monoisotopic (exact) mass is 382 g/mol. The van der Waals surface area contributed by atoms with E-state index in [1.165, 1.54) is 14.2 Å². The highest BCUT2D eigenvalue weighted by Gasteiger charge is 2.30. The van der Waals surface area contributed by atoms with Crippen LogP contribution in [0, 0.1) is 0 Å². The summed E-state index contributed by atoms with van der Waals surface area (Å²) in [7, 11) is 2.86. The normalized spacial score (nSPS) is 18.7. The average molecular weight is 382 g/mol. The number of hydrogen-bond acceptors (Lipinski definition) is 8. The summed E-state index contributed by atoms with van der Waals surface area (Å²) in [6.07, 6.45) is 2.68. The third-order valence-electron chi connectivity index (χ3n) is 4.86. The Morgan fingerprint density at radius 1 is 1.33 bits per heavy atom. The van der Waals surface area contributed by atoms with Crippen molar-refractivity contribution in [3.63, 3.8) is 0 Å². The van der Waals surface area contributed by atoms with Crippen molar-refractivity contribution in [2.75, 3.05) is 39.7 Å². The van der Waals surface area contributed by atoms with Crippen LogP contribution in [-0.2, 0) is 9.53 Å². The van der Waals surface area contributed by atoms with E-state index in [0.717, 1.165) is 19.3 Å². The number of nitrogens with zero attached hydrogens (tertiary/aromatic N) is 1. The predicted molar refractivity (Wildman–Crippen MR) is 101 cm³/mol. The number of piperidine rings is 1. The third kappa shape index (κ3) is 5.47. The fourth-order valence-corrected chi connectivity index (χ4v) is 3.31. The molecule has 2 rings (SSSR count). The largest absolute Gasteiger partial charge is 0.493 e. The van der Waals surface area contributed by atoms with Crippen molar-refractivity contribution >= 4 is 11.7 Å². The minimum absolute atomic E-state index is 0.00448. The van der Waals surface area contributed by atoms with Crippen LogP contribution in [0.2, 0.25) is 0 Å². The number of aliphatic hydroxyl groups excluding tert-OH is 2. The molecule has 0 aliphatic carbocycles. The van der Waals surface area contributed by atoms with E-state index in [0.29, 0.717) is 42.3 Å². The molecular weight excluding hydrogens is 352 g/mol. The summed E-state index contributed by atoms with van der Waals surface area (Å²) in [5, 5.41) is 20.4. The summed E-state index contributed by atoms with van der Waals surface area (Å²) in [5.74, 6) is 0.616. The Morgan fingerprint density at radius 2 is 2.11 bits per heavy atom. The smallest absolute Gasteiger partial charge is 0.305 e. The first kappa shape index (κ1) is 21.3. The molecule has 0 bridgehead atoms. The van der Waals surface area contributed by atoms with Crippen molar-refractivity contribution in [1.82, 2.24) is 4.90 Å². The van der Waals surface area contributed by atoms with E-state index in [9.17, 15) is 15.0 Å². The van der Waals surface area contributed by atoms with E-state index in [-0.39, 0.29) is 25.0 Å². The Balaban J connectivity index is 2.11. The van der Waals surface area contributed by atoms with Gasteiger partial charge in [-0.05, 0) is 25.3 Å². The molecule has 0 radical (unpaired) electrons. The lowest BCUT2D eigenvalue weighted by molar-refractivity contribution is -0.140. The standard InChI is InChI=1S/C19H30N2O6/c1-25-16-10-14(19(24)21-8-4-3-6-13(21)12-22)15(20)11-17(16)27-9-5-7-18(23)26-2/h10-11,13,19,22,24H,3-9,12,20H2,1-2H3/t13-,19?/m0/s1. The second kappa shape index (κ2) is 10.3. The molecule has 0 aromatic heterocycles. The first-order valence-electron chi connectivity index (χ1n) is 9.23. The van der Waals surface area contributed by atoms with Gasteiger partial charge in [0.15, 0.2) is 11.5 Å². The van der Waals surface area contributed by atoms with Gasteiger partial charge in [0.05, 0.1) is 27.4 Å². The molecule has 27 heavy (non-hydrogen) atoms. The van der Waals surface area contributed by atoms with Gasteiger partial charge in [-0.15, -0.1) is 0 Å². The Bertz CT molecular complexity index is 624. The molecule has 0 spiro atoms. The molecule has 0 amide bonds. The lowest BCUT2D eigenvalue weighted by atomic mass is 10.00. The number of ether oxygens (including phenoxy) is 3. The SMILES string of the molecule is COC(=O)CCCOc1cc(N)c(C(O)N2CCCC[C@H]2CO)cc1OC. The van der Waals surface area contributed by atoms with E-state index in [1.54, 1.807) is 12.1 Å². The number of rotatable bonds is 9. The molecule has 1 aromatic carbocycles. The average Bonchev–Trinajstić information content (AvgIpc) is 2.70. The van der Waals surface area contributed by atoms with Crippen molar-refractivity contribution in [1.29, 1.82) is 0 Å².